The molecule has 0 radical (unpaired) electrons. The summed E-state index contributed by atoms with van der Waals surface area (Å²) in [5, 5.41) is 3.95. The van der Waals surface area contributed by atoms with E-state index in [4.69, 9.17) is 11.6 Å². The van der Waals surface area contributed by atoms with Crippen LogP contribution in [0.25, 0.3) is 0 Å². The summed E-state index contributed by atoms with van der Waals surface area (Å²) in [6.07, 6.45) is 6.96. The van der Waals surface area contributed by atoms with E-state index < -0.39 is 6.04 Å². The molecule has 3 aromatic carbocycles. The van der Waals surface area contributed by atoms with Gasteiger partial charge in [0, 0.05) is 30.5 Å². The van der Waals surface area contributed by atoms with Gasteiger partial charge in [0.25, 0.3) is 0 Å². The van der Waals surface area contributed by atoms with Gasteiger partial charge in [0.05, 0.1) is 0 Å². The van der Waals surface area contributed by atoms with Crippen molar-refractivity contribution in [1.29, 1.82) is 0 Å². The number of benzene rings is 3. The molecule has 0 aliphatic heterocycles. The van der Waals surface area contributed by atoms with Gasteiger partial charge in [-0.15, -0.1) is 0 Å². The highest BCUT2D eigenvalue weighted by Crippen LogP contribution is 2.21. The highest BCUT2D eigenvalue weighted by Gasteiger charge is 2.31. The number of aryl methyl sites for hydroxylation is 2. The smallest absolute Gasteiger partial charge is 0.243 e. The van der Waals surface area contributed by atoms with Gasteiger partial charge >= 0.3 is 0 Å². The number of hydrogen-bond donors (Lipinski definition) is 1. The van der Waals surface area contributed by atoms with E-state index >= 15 is 0 Å². The molecule has 5 heteroatoms. The summed E-state index contributed by atoms with van der Waals surface area (Å²) in [6.45, 7) is 2.42. The molecule has 1 aliphatic carbocycles. The molecule has 0 aromatic heterocycles. The molecule has 1 fully saturated rings. The van der Waals surface area contributed by atoms with E-state index in [1.165, 1.54) is 12.0 Å². The van der Waals surface area contributed by atoms with E-state index in [2.05, 4.69) is 36.5 Å². The van der Waals surface area contributed by atoms with Crippen LogP contribution < -0.4 is 5.32 Å². The normalized spacial score (nSPS) is 14.6. The van der Waals surface area contributed by atoms with Crippen LogP contribution in [0.2, 0.25) is 5.02 Å². The summed E-state index contributed by atoms with van der Waals surface area (Å²) in [7, 11) is 0. The van der Waals surface area contributed by atoms with Crippen LogP contribution in [0.4, 0.5) is 0 Å². The Labute approximate surface area is 226 Å². The maximum atomic E-state index is 13.8. The van der Waals surface area contributed by atoms with Crippen LogP contribution in [0, 0.1) is 6.92 Å². The average molecular weight is 517 g/mol. The lowest BCUT2D eigenvalue weighted by atomic mass is 9.94. The number of carbonyl (C=O) groups excluding carboxylic acids is 2. The third kappa shape index (κ3) is 8.19. The molecular weight excluding hydrogens is 480 g/mol. The van der Waals surface area contributed by atoms with E-state index in [-0.39, 0.29) is 17.9 Å². The Morgan fingerprint density at radius 1 is 0.865 bits per heavy atom. The third-order valence-corrected chi connectivity index (χ3v) is 7.49. The summed E-state index contributed by atoms with van der Waals surface area (Å²) in [6, 6.07) is 25.4. The maximum Gasteiger partial charge on any atom is 0.243 e. The fraction of sp³-hybridized carbons (Fsp3) is 0.375. The minimum atomic E-state index is -0.592. The SMILES string of the molecule is Cc1ccc(CCC(=O)N(Cc2ccc(Cl)cc2)C(Cc2ccccc2)C(=O)NC2CCCCC2)cc1. The van der Waals surface area contributed by atoms with Crippen LogP contribution in [-0.4, -0.2) is 28.8 Å². The second kappa shape index (κ2) is 13.4. The van der Waals surface area contributed by atoms with Gasteiger partial charge < -0.3 is 10.2 Å². The van der Waals surface area contributed by atoms with Crippen molar-refractivity contribution < 1.29 is 9.59 Å². The van der Waals surface area contributed by atoms with Gasteiger partial charge in [-0.3, -0.25) is 9.59 Å². The van der Waals surface area contributed by atoms with Crippen molar-refractivity contribution in [1.82, 2.24) is 10.2 Å². The number of carbonyl (C=O) groups is 2. The molecule has 0 heterocycles. The van der Waals surface area contributed by atoms with Gasteiger partial charge in [-0.1, -0.05) is 103 Å². The fourth-order valence-electron chi connectivity index (χ4n) is 5.03. The summed E-state index contributed by atoms with van der Waals surface area (Å²) < 4.78 is 0. The number of rotatable bonds is 10. The van der Waals surface area contributed by atoms with Gasteiger partial charge in [0.15, 0.2) is 0 Å². The van der Waals surface area contributed by atoms with Crippen molar-refractivity contribution in [2.75, 3.05) is 0 Å². The van der Waals surface area contributed by atoms with Gasteiger partial charge in [0.2, 0.25) is 11.8 Å². The number of amides is 2. The zero-order valence-corrected chi connectivity index (χ0v) is 22.4. The standard InChI is InChI=1S/C32H37ClN2O2/c1-24-12-14-25(15-13-24)18-21-31(36)35(23-27-16-19-28(33)20-17-27)30(22-26-8-4-2-5-9-26)32(37)34-29-10-6-3-7-11-29/h2,4-5,8-9,12-17,19-20,29-30H,3,6-7,10-11,18,21-23H2,1H3,(H,34,37). The minimum absolute atomic E-state index is 0.0183. The Morgan fingerprint density at radius 2 is 1.51 bits per heavy atom. The summed E-state index contributed by atoms with van der Waals surface area (Å²) >= 11 is 6.12. The van der Waals surface area contributed by atoms with E-state index in [0.717, 1.165) is 42.4 Å². The Bertz CT molecular complexity index is 1140. The molecule has 2 amide bonds. The molecule has 194 valence electrons. The Balaban J connectivity index is 1.59. The number of nitrogens with one attached hydrogen (secondary N) is 1. The number of hydrogen-bond acceptors (Lipinski definition) is 2. The molecule has 1 N–H and O–H groups in total. The van der Waals surface area contributed by atoms with Gasteiger partial charge in [-0.25, -0.2) is 0 Å². The Kier molecular flexibility index (Phi) is 9.78. The van der Waals surface area contributed by atoms with Crippen molar-refractivity contribution in [3.8, 4) is 0 Å². The van der Waals surface area contributed by atoms with Crippen LogP contribution in [-0.2, 0) is 29.0 Å². The van der Waals surface area contributed by atoms with Crippen LogP contribution in [0.3, 0.4) is 0 Å². The third-order valence-electron chi connectivity index (χ3n) is 7.24. The van der Waals surface area contributed by atoms with E-state index in [1.54, 1.807) is 4.90 Å². The molecule has 0 saturated heterocycles. The van der Waals surface area contributed by atoms with Crippen LogP contribution >= 0.6 is 11.6 Å². The molecule has 1 unspecified atom stereocenters. The van der Waals surface area contributed by atoms with E-state index in [1.807, 2.05) is 54.6 Å². The lowest BCUT2D eigenvalue weighted by Gasteiger charge is -2.33. The van der Waals surface area contributed by atoms with E-state index in [0.29, 0.717) is 30.8 Å². The summed E-state index contributed by atoms with van der Waals surface area (Å²) in [5.74, 6) is -0.0800. The summed E-state index contributed by atoms with van der Waals surface area (Å²) in [5.41, 5.74) is 4.31. The van der Waals surface area contributed by atoms with E-state index in [9.17, 15) is 9.59 Å². The van der Waals surface area contributed by atoms with Crippen molar-refractivity contribution in [2.24, 2.45) is 0 Å². The summed E-state index contributed by atoms with van der Waals surface area (Å²) in [4.78, 5) is 29.4. The molecule has 37 heavy (non-hydrogen) atoms. The van der Waals surface area contributed by atoms with Gasteiger partial charge in [0.1, 0.15) is 6.04 Å². The highest BCUT2D eigenvalue weighted by atomic mass is 35.5. The van der Waals surface area contributed by atoms with Crippen LogP contribution in [0.1, 0.15) is 60.8 Å². The van der Waals surface area contributed by atoms with Crippen molar-refractivity contribution in [3.63, 3.8) is 0 Å². The monoisotopic (exact) mass is 516 g/mol. The molecule has 4 nitrogen and oxygen atoms in total. The topological polar surface area (TPSA) is 49.4 Å². The predicted molar refractivity (Wildman–Crippen MR) is 150 cm³/mol. The molecule has 0 spiro atoms. The van der Waals surface area contributed by atoms with Crippen LogP contribution in [0.5, 0.6) is 0 Å². The first kappa shape index (κ1) is 26.9. The van der Waals surface area contributed by atoms with Crippen molar-refractivity contribution in [2.45, 2.75) is 76.9 Å². The molecule has 3 aromatic rings. The van der Waals surface area contributed by atoms with Crippen LogP contribution in [0.15, 0.2) is 78.9 Å². The first-order valence-electron chi connectivity index (χ1n) is 13.4. The molecular formula is C32H37ClN2O2. The van der Waals surface area contributed by atoms with Crippen molar-refractivity contribution in [3.05, 3.63) is 106 Å². The molecule has 4 rings (SSSR count). The van der Waals surface area contributed by atoms with Gasteiger partial charge in [-0.05, 0) is 55.0 Å². The second-order valence-electron chi connectivity index (χ2n) is 10.2. The quantitative estimate of drug-likeness (QED) is 0.327. The fourth-order valence-corrected chi connectivity index (χ4v) is 5.16. The lowest BCUT2D eigenvalue weighted by Crippen LogP contribution is -2.52. The van der Waals surface area contributed by atoms with Gasteiger partial charge in [-0.2, -0.15) is 0 Å². The van der Waals surface area contributed by atoms with Crippen molar-refractivity contribution >= 4 is 23.4 Å². The molecule has 1 atom stereocenters. The minimum Gasteiger partial charge on any atom is -0.352 e. The zero-order valence-electron chi connectivity index (χ0n) is 21.7. The molecule has 1 aliphatic rings. The average Bonchev–Trinajstić information content (AvgIpc) is 2.92. The highest BCUT2D eigenvalue weighted by molar-refractivity contribution is 6.30. The molecule has 1 saturated carbocycles. The predicted octanol–water partition coefficient (Wildman–Crippen LogP) is 6.67. The lowest BCUT2D eigenvalue weighted by molar-refractivity contribution is -0.141. The number of halogens is 1. The number of nitrogens with zero attached hydrogens (tertiary/aromatic N) is 1. The first-order chi connectivity index (χ1) is 18.0. The maximum absolute atomic E-state index is 13.8. The first-order valence-corrected chi connectivity index (χ1v) is 13.8. The Morgan fingerprint density at radius 3 is 2.19 bits per heavy atom. The largest absolute Gasteiger partial charge is 0.352 e. The second-order valence-corrected chi connectivity index (χ2v) is 10.6. The molecule has 0 bridgehead atoms. The zero-order chi connectivity index (χ0) is 26.0. The Hall–Kier alpha value is -3.11.